The van der Waals surface area contributed by atoms with Crippen LogP contribution < -0.4 is 5.32 Å². The topological polar surface area (TPSA) is 57.9 Å². The molecule has 24 heavy (non-hydrogen) atoms. The number of guanidine groups is 1. The molecule has 0 amide bonds. The van der Waals surface area contributed by atoms with E-state index in [4.69, 9.17) is 9.73 Å². The van der Waals surface area contributed by atoms with Gasteiger partial charge >= 0.3 is 0 Å². The lowest BCUT2D eigenvalue weighted by molar-refractivity contribution is -0.00805. The second-order valence-corrected chi connectivity index (χ2v) is 6.02. The zero-order chi connectivity index (χ0) is 17.4. The number of rotatable bonds is 7. The van der Waals surface area contributed by atoms with Crippen LogP contribution in [0.3, 0.4) is 0 Å². The minimum absolute atomic E-state index is 0.0547. The van der Waals surface area contributed by atoms with Crippen molar-refractivity contribution in [2.45, 2.75) is 26.9 Å². The van der Waals surface area contributed by atoms with E-state index < -0.39 is 0 Å². The summed E-state index contributed by atoms with van der Waals surface area (Å²) in [5.41, 5.74) is 1.13. The average molecular weight is 336 g/mol. The predicted octanol–water partition coefficient (Wildman–Crippen LogP) is 1.10. The number of nitrogens with zero attached hydrogens (tertiary/aromatic N) is 5. The first-order valence-electron chi connectivity index (χ1n) is 9.03. The first kappa shape index (κ1) is 18.7. The molecule has 0 spiro atoms. The van der Waals surface area contributed by atoms with E-state index in [1.807, 2.05) is 24.1 Å². The Kier molecular flexibility index (Phi) is 7.52. The van der Waals surface area contributed by atoms with Crippen molar-refractivity contribution in [2.75, 3.05) is 52.4 Å². The van der Waals surface area contributed by atoms with Crippen LogP contribution in [0, 0.1) is 0 Å². The van der Waals surface area contributed by atoms with Crippen LogP contribution in [0.15, 0.2) is 17.4 Å². The average Bonchev–Trinajstić information content (AvgIpc) is 3.04. The molecule has 1 atom stereocenters. The van der Waals surface area contributed by atoms with Gasteiger partial charge in [0.15, 0.2) is 5.96 Å². The minimum Gasteiger partial charge on any atom is -0.370 e. The molecule has 1 aromatic heterocycles. The van der Waals surface area contributed by atoms with Gasteiger partial charge in [0.1, 0.15) is 6.10 Å². The van der Waals surface area contributed by atoms with E-state index >= 15 is 0 Å². The number of hydrogen-bond donors (Lipinski definition) is 1. The summed E-state index contributed by atoms with van der Waals surface area (Å²) in [6, 6.07) is 0. The molecule has 0 radical (unpaired) electrons. The van der Waals surface area contributed by atoms with Crippen LogP contribution in [0.4, 0.5) is 0 Å². The summed E-state index contributed by atoms with van der Waals surface area (Å²) in [6.07, 6.45) is 3.97. The molecule has 0 aromatic carbocycles. The van der Waals surface area contributed by atoms with Gasteiger partial charge in [-0.15, -0.1) is 0 Å². The van der Waals surface area contributed by atoms with E-state index in [0.717, 1.165) is 57.3 Å². The molecule has 1 aliphatic heterocycles. The molecule has 1 N–H and O–H groups in total. The molecule has 1 aromatic rings. The molecule has 7 nitrogen and oxygen atoms in total. The predicted molar refractivity (Wildman–Crippen MR) is 97.2 cm³/mol. The zero-order valence-electron chi connectivity index (χ0n) is 15.5. The van der Waals surface area contributed by atoms with Crippen molar-refractivity contribution in [2.24, 2.45) is 12.0 Å². The van der Waals surface area contributed by atoms with Gasteiger partial charge < -0.3 is 19.9 Å². The van der Waals surface area contributed by atoms with E-state index in [1.165, 1.54) is 0 Å². The Labute approximate surface area is 145 Å². The van der Waals surface area contributed by atoms with E-state index in [-0.39, 0.29) is 6.10 Å². The van der Waals surface area contributed by atoms with Gasteiger partial charge in [0.2, 0.25) is 0 Å². The Hall–Kier alpha value is -1.60. The second-order valence-electron chi connectivity index (χ2n) is 6.02. The van der Waals surface area contributed by atoms with E-state index in [0.29, 0.717) is 6.61 Å². The Morgan fingerprint density at radius 3 is 2.83 bits per heavy atom. The van der Waals surface area contributed by atoms with Gasteiger partial charge in [-0.25, -0.2) is 0 Å². The third-order valence-corrected chi connectivity index (χ3v) is 4.37. The Bertz CT molecular complexity index is 511. The van der Waals surface area contributed by atoms with Crippen molar-refractivity contribution in [1.29, 1.82) is 0 Å². The number of likely N-dealkylation sites (N-methyl/N-ethyl adjacent to an activating group) is 1. The van der Waals surface area contributed by atoms with Gasteiger partial charge in [-0.05, 0) is 20.0 Å². The van der Waals surface area contributed by atoms with Crippen molar-refractivity contribution in [3.05, 3.63) is 18.0 Å². The highest BCUT2D eigenvalue weighted by Crippen LogP contribution is 2.21. The standard InChI is InChI=1S/C17H32N6O/c1-5-18-17(19-8-9-22(6-2)7-3)23-10-11-24-16(14-23)15-12-20-21(4)13-15/h12-13,16H,5-11,14H2,1-4H3,(H,18,19). The minimum atomic E-state index is 0.0547. The lowest BCUT2D eigenvalue weighted by Crippen LogP contribution is -2.48. The molecular weight excluding hydrogens is 304 g/mol. The molecule has 7 heteroatoms. The Morgan fingerprint density at radius 2 is 2.21 bits per heavy atom. The summed E-state index contributed by atoms with van der Waals surface area (Å²) in [4.78, 5) is 9.51. The fourth-order valence-corrected chi connectivity index (χ4v) is 2.91. The Balaban J connectivity index is 1.98. The molecule has 0 saturated carbocycles. The van der Waals surface area contributed by atoms with Crippen molar-refractivity contribution in [1.82, 2.24) is 24.9 Å². The van der Waals surface area contributed by atoms with E-state index in [2.05, 4.69) is 41.0 Å². The highest BCUT2D eigenvalue weighted by Gasteiger charge is 2.25. The second kappa shape index (κ2) is 9.64. The third kappa shape index (κ3) is 5.21. The zero-order valence-corrected chi connectivity index (χ0v) is 15.5. The van der Waals surface area contributed by atoms with Gasteiger partial charge in [0, 0.05) is 38.4 Å². The Morgan fingerprint density at radius 1 is 1.42 bits per heavy atom. The van der Waals surface area contributed by atoms with Crippen molar-refractivity contribution in [3.63, 3.8) is 0 Å². The highest BCUT2D eigenvalue weighted by molar-refractivity contribution is 5.80. The number of morpholine rings is 1. The maximum atomic E-state index is 5.93. The normalized spacial score (nSPS) is 19.1. The smallest absolute Gasteiger partial charge is 0.194 e. The monoisotopic (exact) mass is 336 g/mol. The van der Waals surface area contributed by atoms with E-state index in [1.54, 1.807) is 0 Å². The summed E-state index contributed by atoms with van der Waals surface area (Å²) >= 11 is 0. The van der Waals surface area contributed by atoms with Crippen LogP contribution >= 0.6 is 0 Å². The van der Waals surface area contributed by atoms with Gasteiger partial charge in [0.05, 0.1) is 25.9 Å². The molecule has 1 aliphatic rings. The quantitative estimate of drug-likeness (QED) is 0.597. The van der Waals surface area contributed by atoms with Crippen molar-refractivity contribution < 1.29 is 4.74 Å². The molecule has 2 rings (SSSR count). The third-order valence-electron chi connectivity index (χ3n) is 4.37. The lowest BCUT2D eigenvalue weighted by atomic mass is 10.1. The summed E-state index contributed by atoms with van der Waals surface area (Å²) < 4.78 is 7.75. The number of aliphatic imine (C=N–C) groups is 1. The molecule has 1 saturated heterocycles. The number of aromatic nitrogens is 2. The van der Waals surface area contributed by atoms with Crippen LogP contribution in [0.1, 0.15) is 32.4 Å². The van der Waals surface area contributed by atoms with Gasteiger partial charge in [-0.3, -0.25) is 9.67 Å². The van der Waals surface area contributed by atoms with Crippen LogP contribution in [-0.2, 0) is 11.8 Å². The SMILES string of the molecule is CCNC(=NCCN(CC)CC)N1CCOC(c2cnn(C)c2)C1. The summed E-state index contributed by atoms with van der Waals surface area (Å²) in [7, 11) is 1.93. The van der Waals surface area contributed by atoms with E-state index in [9.17, 15) is 0 Å². The van der Waals surface area contributed by atoms with Gasteiger partial charge in [-0.2, -0.15) is 5.10 Å². The van der Waals surface area contributed by atoms with Crippen LogP contribution in [0.5, 0.6) is 0 Å². The van der Waals surface area contributed by atoms with Gasteiger partial charge in [-0.1, -0.05) is 13.8 Å². The molecular formula is C17H32N6O. The summed E-state index contributed by atoms with van der Waals surface area (Å²) in [6.45, 7) is 13.7. The largest absolute Gasteiger partial charge is 0.370 e. The summed E-state index contributed by atoms with van der Waals surface area (Å²) in [5, 5.41) is 7.67. The number of ether oxygens (including phenoxy) is 1. The number of hydrogen-bond acceptors (Lipinski definition) is 4. The lowest BCUT2D eigenvalue weighted by Gasteiger charge is -2.35. The van der Waals surface area contributed by atoms with Crippen LogP contribution in [0.25, 0.3) is 0 Å². The maximum Gasteiger partial charge on any atom is 0.194 e. The van der Waals surface area contributed by atoms with Crippen LogP contribution in [-0.4, -0.2) is 78.0 Å². The maximum absolute atomic E-state index is 5.93. The van der Waals surface area contributed by atoms with Crippen molar-refractivity contribution >= 4 is 5.96 Å². The fourth-order valence-electron chi connectivity index (χ4n) is 2.91. The first-order valence-corrected chi connectivity index (χ1v) is 9.03. The number of nitrogens with one attached hydrogen (secondary N) is 1. The number of aryl methyl sites for hydroxylation is 1. The first-order chi connectivity index (χ1) is 11.7. The molecule has 0 aliphatic carbocycles. The van der Waals surface area contributed by atoms with Crippen LogP contribution in [0.2, 0.25) is 0 Å². The molecule has 1 unspecified atom stereocenters. The molecule has 136 valence electrons. The fraction of sp³-hybridized carbons (Fsp3) is 0.765. The molecule has 0 bridgehead atoms. The molecule has 1 fully saturated rings. The van der Waals surface area contributed by atoms with Gasteiger partial charge in [0.25, 0.3) is 0 Å². The highest BCUT2D eigenvalue weighted by atomic mass is 16.5. The van der Waals surface area contributed by atoms with Crippen molar-refractivity contribution in [3.8, 4) is 0 Å². The summed E-state index contributed by atoms with van der Waals surface area (Å²) in [5.74, 6) is 0.988. The molecule has 2 heterocycles.